The summed E-state index contributed by atoms with van der Waals surface area (Å²) in [5.41, 5.74) is 1.91. The van der Waals surface area contributed by atoms with Crippen LogP contribution in [0, 0.1) is 12.8 Å². The van der Waals surface area contributed by atoms with Crippen LogP contribution in [0.15, 0.2) is 24.3 Å². The van der Waals surface area contributed by atoms with Gasteiger partial charge in [-0.3, -0.25) is 14.5 Å². The van der Waals surface area contributed by atoms with Gasteiger partial charge in [-0.05, 0) is 20.3 Å². The van der Waals surface area contributed by atoms with Crippen LogP contribution in [0.3, 0.4) is 0 Å². The molecule has 2 rings (SSSR count). The molecule has 0 radical (unpaired) electrons. The molecule has 1 heterocycles. The third-order valence-corrected chi connectivity index (χ3v) is 4.31. The zero-order valence-electron chi connectivity index (χ0n) is 12.6. The van der Waals surface area contributed by atoms with E-state index >= 15 is 0 Å². The second kappa shape index (κ2) is 6.31. The smallest absolute Gasteiger partial charge is 0.179 e. The van der Waals surface area contributed by atoms with Crippen molar-refractivity contribution < 1.29 is 9.59 Å². The van der Waals surface area contributed by atoms with Gasteiger partial charge in [0.25, 0.3) is 0 Å². The molecule has 2 atom stereocenters. The summed E-state index contributed by atoms with van der Waals surface area (Å²) in [7, 11) is 0. The van der Waals surface area contributed by atoms with E-state index in [1.54, 1.807) is 0 Å². The summed E-state index contributed by atoms with van der Waals surface area (Å²) in [6.45, 7) is 7.42. The van der Waals surface area contributed by atoms with Crippen LogP contribution in [0.25, 0.3) is 0 Å². The molecule has 0 spiro atoms. The highest BCUT2D eigenvalue weighted by Gasteiger charge is 2.31. The second-order valence-electron chi connectivity index (χ2n) is 5.72. The summed E-state index contributed by atoms with van der Waals surface area (Å²) < 4.78 is 0. The average Bonchev–Trinajstić information content (AvgIpc) is 2.47. The molecule has 0 amide bonds. The lowest BCUT2D eigenvalue weighted by Gasteiger charge is -2.35. The number of rotatable bonds is 4. The first-order valence-corrected chi connectivity index (χ1v) is 7.40. The monoisotopic (exact) mass is 273 g/mol. The molecule has 1 fully saturated rings. The first-order chi connectivity index (χ1) is 9.52. The van der Waals surface area contributed by atoms with Gasteiger partial charge < -0.3 is 0 Å². The van der Waals surface area contributed by atoms with Crippen LogP contribution in [0.2, 0.25) is 0 Å². The molecule has 1 aliphatic rings. The number of hydrogen-bond donors (Lipinski definition) is 0. The maximum absolute atomic E-state index is 12.5. The third kappa shape index (κ3) is 3.15. The maximum atomic E-state index is 12.5. The van der Waals surface area contributed by atoms with Gasteiger partial charge in [0.15, 0.2) is 5.78 Å². The molecule has 3 heteroatoms. The van der Waals surface area contributed by atoms with Crippen LogP contribution in [0.4, 0.5) is 0 Å². The van der Waals surface area contributed by atoms with Crippen molar-refractivity contribution in [3.63, 3.8) is 0 Å². The number of piperidine rings is 1. The molecule has 0 saturated carbocycles. The van der Waals surface area contributed by atoms with Crippen molar-refractivity contribution in [2.45, 2.75) is 39.7 Å². The fourth-order valence-corrected chi connectivity index (χ4v) is 2.77. The minimum Gasteiger partial charge on any atom is -0.299 e. The predicted octanol–water partition coefficient (Wildman–Crippen LogP) is 2.87. The molecule has 0 aliphatic carbocycles. The van der Waals surface area contributed by atoms with Crippen molar-refractivity contribution in [3.05, 3.63) is 35.4 Å². The van der Waals surface area contributed by atoms with Crippen molar-refractivity contribution in [2.24, 2.45) is 5.92 Å². The first kappa shape index (κ1) is 14.9. The van der Waals surface area contributed by atoms with Gasteiger partial charge in [0, 0.05) is 31.0 Å². The Balaban J connectivity index is 2.07. The molecule has 3 nitrogen and oxygen atoms in total. The van der Waals surface area contributed by atoms with Crippen molar-refractivity contribution in [1.29, 1.82) is 0 Å². The van der Waals surface area contributed by atoms with Crippen molar-refractivity contribution in [1.82, 2.24) is 4.90 Å². The molecule has 1 aliphatic heterocycles. The third-order valence-electron chi connectivity index (χ3n) is 4.31. The minimum atomic E-state index is -0.153. The number of hydrogen-bond acceptors (Lipinski definition) is 3. The predicted molar refractivity (Wildman–Crippen MR) is 79.9 cm³/mol. The number of Topliss-reactive ketones (excluding diaryl/α,β-unsaturated/α-hetero) is 2. The van der Waals surface area contributed by atoms with Crippen molar-refractivity contribution in [2.75, 3.05) is 13.1 Å². The standard InChI is InChI=1S/C17H23NO2/c1-4-14-11-18(10-9-16(14)19)13(3)17(20)15-7-5-12(2)6-8-15/h5-8,13-14H,4,9-11H2,1-3H3. The summed E-state index contributed by atoms with van der Waals surface area (Å²) in [5, 5.41) is 0. The van der Waals surface area contributed by atoms with E-state index in [4.69, 9.17) is 0 Å². The maximum Gasteiger partial charge on any atom is 0.179 e. The van der Waals surface area contributed by atoms with E-state index in [0.29, 0.717) is 25.3 Å². The number of carbonyl (C=O) groups excluding carboxylic acids is 2. The van der Waals surface area contributed by atoms with Gasteiger partial charge in [0.2, 0.25) is 0 Å². The quantitative estimate of drug-likeness (QED) is 0.792. The lowest BCUT2D eigenvalue weighted by Crippen LogP contribution is -2.48. The highest BCUT2D eigenvalue weighted by Crippen LogP contribution is 2.20. The van der Waals surface area contributed by atoms with Crippen molar-refractivity contribution in [3.8, 4) is 0 Å². The highest BCUT2D eigenvalue weighted by atomic mass is 16.1. The summed E-state index contributed by atoms with van der Waals surface area (Å²) >= 11 is 0. The number of nitrogens with zero attached hydrogens (tertiary/aromatic N) is 1. The summed E-state index contributed by atoms with van der Waals surface area (Å²) in [4.78, 5) is 26.4. The van der Waals surface area contributed by atoms with Crippen LogP contribution in [0.5, 0.6) is 0 Å². The van der Waals surface area contributed by atoms with Crippen molar-refractivity contribution >= 4 is 11.6 Å². The van der Waals surface area contributed by atoms with Gasteiger partial charge in [-0.2, -0.15) is 0 Å². The number of benzene rings is 1. The zero-order valence-corrected chi connectivity index (χ0v) is 12.6. The van der Waals surface area contributed by atoms with Gasteiger partial charge >= 0.3 is 0 Å². The van der Waals surface area contributed by atoms with E-state index in [2.05, 4.69) is 4.90 Å². The average molecular weight is 273 g/mol. The number of ketones is 2. The van der Waals surface area contributed by atoms with Gasteiger partial charge in [-0.25, -0.2) is 0 Å². The van der Waals surface area contributed by atoms with E-state index in [-0.39, 0.29) is 17.7 Å². The van der Waals surface area contributed by atoms with Gasteiger partial charge in [-0.15, -0.1) is 0 Å². The Labute approximate surface area is 121 Å². The molecule has 0 aromatic heterocycles. The van der Waals surface area contributed by atoms with Crippen LogP contribution < -0.4 is 0 Å². The number of likely N-dealkylation sites (tertiary alicyclic amines) is 1. The molecule has 1 aromatic rings. The Morgan fingerprint density at radius 2 is 2.00 bits per heavy atom. The Morgan fingerprint density at radius 1 is 1.35 bits per heavy atom. The van der Waals surface area contributed by atoms with Gasteiger partial charge in [-0.1, -0.05) is 36.8 Å². The summed E-state index contributed by atoms with van der Waals surface area (Å²) in [5.74, 6) is 0.588. The second-order valence-corrected chi connectivity index (χ2v) is 5.72. The van der Waals surface area contributed by atoms with E-state index in [1.807, 2.05) is 45.0 Å². The van der Waals surface area contributed by atoms with Gasteiger partial charge in [0.1, 0.15) is 5.78 Å². The van der Waals surface area contributed by atoms with Crippen LogP contribution in [-0.2, 0) is 4.79 Å². The molecular formula is C17H23NO2. The Morgan fingerprint density at radius 3 is 2.60 bits per heavy atom. The molecule has 0 bridgehead atoms. The molecule has 1 aromatic carbocycles. The van der Waals surface area contributed by atoms with E-state index < -0.39 is 0 Å². The van der Waals surface area contributed by atoms with E-state index in [1.165, 1.54) is 0 Å². The van der Waals surface area contributed by atoms with Gasteiger partial charge in [0.05, 0.1) is 6.04 Å². The van der Waals surface area contributed by atoms with Crippen LogP contribution >= 0.6 is 0 Å². The molecule has 2 unspecified atom stereocenters. The molecule has 108 valence electrons. The lowest BCUT2D eigenvalue weighted by molar-refractivity contribution is -0.126. The largest absolute Gasteiger partial charge is 0.299 e. The number of carbonyl (C=O) groups is 2. The summed E-state index contributed by atoms with van der Waals surface area (Å²) in [6, 6.07) is 7.56. The topological polar surface area (TPSA) is 37.4 Å². The fraction of sp³-hybridized carbons (Fsp3) is 0.529. The van der Waals surface area contributed by atoms with E-state index in [0.717, 1.165) is 17.5 Å². The molecule has 0 N–H and O–H groups in total. The van der Waals surface area contributed by atoms with Crippen LogP contribution in [0.1, 0.15) is 42.6 Å². The molecular weight excluding hydrogens is 250 g/mol. The lowest BCUT2D eigenvalue weighted by atomic mass is 9.92. The normalized spacial score (nSPS) is 21.8. The zero-order chi connectivity index (χ0) is 14.7. The fourth-order valence-electron chi connectivity index (χ4n) is 2.77. The first-order valence-electron chi connectivity index (χ1n) is 7.40. The van der Waals surface area contributed by atoms with Crippen LogP contribution in [-0.4, -0.2) is 35.6 Å². The summed E-state index contributed by atoms with van der Waals surface area (Å²) in [6.07, 6.45) is 1.44. The highest BCUT2D eigenvalue weighted by molar-refractivity contribution is 6.00. The van der Waals surface area contributed by atoms with E-state index in [9.17, 15) is 9.59 Å². The Hall–Kier alpha value is -1.48. The Kier molecular flexibility index (Phi) is 4.71. The molecule has 1 saturated heterocycles. The molecule has 20 heavy (non-hydrogen) atoms. The Bertz CT molecular complexity index is 492. The SMILES string of the molecule is CCC1CN(C(C)C(=O)c2ccc(C)cc2)CCC1=O. The number of aryl methyl sites for hydroxylation is 1. The minimum absolute atomic E-state index is 0.0945.